The van der Waals surface area contributed by atoms with E-state index in [2.05, 4.69) is 46.1 Å². The molecule has 0 aromatic rings. The van der Waals surface area contributed by atoms with Crippen LogP contribution < -0.4 is 0 Å². The molecule has 0 heterocycles. The molecule has 0 aliphatic heterocycles. The molecular formula is C12H26N. The second kappa shape index (κ2) is 7.37. The van der Waals surface area contributed by atoms with Gasteiger partial charge in [0.1, 0.15) is 0 Å². The lowest BCUT2D eigenvalue weighted by molar-refractivity contribution is 0.258. The van der Waals surface area contributed by atoms with E-state index in [1.54, 1.807) is 0 Å². The number of hydrogen-bond donors (Lipinski definition) is 0. The van der Waals surface area contributed by atoms with Crippen molar-refractivity contribution in [3.05, 3.63) is 6.54 Å². The Kier molecular flexibility index (Phi) is 7.35. The van der Waals surface area contributed by atoms with Crippen molar-refractivity contribution >= 4 is 0 Å². The Bertz CT molecular complexity index is 97.7. The van der Waals surface area contributed by atoms with E-state index in [1.165, 1.54) is 25.9 Å². The maximum Gasteiger partial charge on any atom is 0.0251 e. The third-order valence-corrected chi connectivity index (χ3v) is 1.88. The SMILES string of the molecule is CCC[CH]N(CC(C)C)CC(C)C. The van der Waals surface area contributed by atoms with Crippen molar-refractivity contribution in [3.8, 4) is 0 Å². The van der Waals surface area contributed by atoms with Gasteiger partial charge in [0.15, 0.2) is 0 Å². The maximum atomic E-state index is 2.48. The van der Waals surface area contributed by atoms with Crippen molar-refractivity contribution in [2.75, 3.05) is 13.1 Å². The van der Waals surface area contributed by atoms with Crippen molar-refractivity contribution in [1.29, 1.82) is 0 Å². The molecule has 0 saturated heterocycles. The van der Waals surface area contributed by atoms with Gasteiger partial charge in [-0.25, -0.2) is 0 Å². The predicted octanol–water partition coefficient (Wildman–Crippen LogP) is 3.56. The first-order valence-corrected chi connectivity index (χ1v) is 5.63. The van der Waals surface area contributed by atoms with Crippen LogP contribution in [0, 0.1) is 18.4 Å². The van der Waals surface area contributed by atoms with Crippen molar-refractivity contribution in [1.82, 2.24) is 4.90 Å². The summed E-state index contributed by atoms with van der Waals surface area (Å²) in [5.74, 6) is 1.54. The lowest BCUT2D eigenvalue weighted by atomic mass is 10.1. The summed E-state index contributed by atoms with van der Waals surface area (Å²) in [5.41, 5.74) is 0. The molecule has 0 fully saturated rings. The zero-order valence-corrected chi connectivity index (χ0v) is 10.0. The average Bonchev–Trinajstić information content (AvgIpc) is 1.98. The topological polar surface area (TPSA) is 3.24 Å². The van der Waals surface area contributed by atoms with Gasteiger partial charge in [0.2, 0.25) is 0 Å². The summed E-state index contributed by atoms with van der Waals surface area (Å²) in [7, 11) is 0. The molecule has 0 saturated carbocycles. The van der Waals surface area contributed by atoms with Crippen LogP contribution in [0.2, 0.25) is 0 Å². The lowest BCUT2D eigenvalue weighted by Gasteiger charge is -2.25. The summed E-state index contributed by atoms with van der Waals surface area (Å²) < 4.78 is 0. The lowest BCUT2D eigenvalue weighted by Crippen LogP contribution is -2.29. The highest BCUT2D eigenvalue weighted by Gasteiger charge is 2.08. The summed E-state index contributed by atoms with van der Waals surface area (Å²) in [5, 5.41) is 0. The first-order valence-electron chi connectivity index (χ1n) is 5.63. The van der Waals surface area contributed by atoms with Crippen molar-refractivity contribution in [2.45, 2.75) is 47.5 Å². The molecule has 13 heavy (non-hydrogen) atoms. The van der Waals surface area contributed by atoms with Gasteiger partial charge in [-0.2, -0.15) is 0 Å². The van der Waals surface area contributed by atoms with Gasteiger partial charge in [-0.05, 0) is 18.3 Å². The third-order valence-electron chi connectivity index (χ3n) is 1.88. The number of rotatable bonds is 7. The third kappa shape index (κ3) is 8.29. The van der Waals surface area contributed by atoms with E-state index in [4.69, 9.17) is 0 Å². The fourth-order valence-electron chi connectivity index (χ4n) is 1.47. The van der Waals surface area contributed by atoms with Crippen LogP contribution in [0.1, 0.15) is 47.5 Å². The van der Waals surface area contributed by atoms with Crippen molar-refractivity contribution in [3.63, 3.8) is 0 Å². The second-order valence-electron chi connectivity index (χ2n) is 4.71. The van der Waals surface area contributed by atoms with E-state index in [0.29, 0.717) is 0 Å². The van der Waals surface area contributed by atoms with E-state index in [1.807, 2.05) is 0 Å². The summed E-state index contributed by atoms with van der Waals surface area (Å²) in [6.07, 6.45) is 2.48. The zero-order valence-electron chi connectivity index (χ0n) is 10.0. The zero-order chi connectivity index (χ0) is 10.3. The van der Waals surface area contributed by atoms with Crippen LogP contribution in [0.3, 0.4) is 0 Å². The molecule has 0 aliphatic carbocycles. The molecule has 0 unspecified atom stereocenters. The number of hydrogen-bond acceptors (Lipinski definition) is 1. The van der Waals surface area contributed by atoms with E-state index >= 15 is 0 Å². The van der Waals surface area contributed by atoms with Gasteiger partial charge < -0.3 is 0 Å². The van der Waals surface area contributed by atoms with Gasteiger partial charge in [0, 0.05) is 19.6 Å². The molecule has 0 atom stereocenters. The van der Waals surface area contributed by atoms with Crippen LogP contribution in [0.25, 0.3) is 0 Å². The fourth-order valence-corrected chi connectivity index (χ4v) is 1.47. The first-order chi connectivity index (χ1) is 6.06. The van der Waals surface area contributed by atoms with Crippen LogP contribution in [-0.2, 0) is 0 Å². The van der Waals surface area contributed by atoms with Gasteiger partial charge in [-0.3, -0.25) is 4.90 Å². The predicted molar refractivity (Wildman–Crippen MR) is 60.5 cm³/mol. The Labute approximate surface area is 84.5 Å². The maximum absolute atomic E-state index is 2.48. The normalized spacial score (nSPS) is 12.0. The molecule has 0 spiro atoms. The van der Waals surface area contributed by atoms with Gasteiger partial charge >= 0.3 is 0 Å². The quantitative estimate of drug-likeness (QED) is 0.585. The summed E-state index contributed by atoms with van der Waals surface area (Å²) in [6, 6.07) is 0. The van der Waals surface area contributed by atoms with Crippen LogP contribution in [0.4, 0.5) is 0 Å². The van der Waals surface area contributed by atoms with Crippen molar-refractivity contribution in [2.24, 2.45) is 11.8 Å². The standard InChI is InChI=1S/C12H26N/c1-6-7-8-13(9-11(2)3)10-12(4)5/h8,11-12H,6-7,9-10H2,1-5H3. The van der Waals surface area contributed by atoms with E-state index in [-0.39, 0.29) is 0 Å². The molecule has 1 heteroatoms. The van der Waals surface area contributed by atoms with Crippen LogP contribution in [-0.4, -0.2) is 18.0 Å². The van der Waals surface area contributed by atoms with Crippen LogP contribution >= 0.6 is 0 Å². The van der Waals surface area contributed by atoms with Gasteiger partial charge in [0.25, 0.3) is 0 Å². The minimum Gasteiger partial charge on any atom is -0.298 e. The Morgan fingerprint density at radius 2 is 1.46 bits per heavy atom. The molecule has 0 aliphatic rings. The fraction of sp³-hybridized carbons (Fsp3) is 0.917. The minimum absolute atomic E-state index is 0.770. The van der Waals surface area contributed by atoms with E-state index in [9.17, 15) is 0 Å². The Balaban J connectivity index is 3.73. The Morgan fingerprint density at radius 1 is 1.00 bits per heavy atom. The highest BCUT2D eigenvalue weighted by atomic mass is 15.1. The molecule has 0 N–H and O–H groups in total. The highest BCUT2D eigenvalue weighted by molar-refractivity contribution is 4.70. The monoisotopic (exact) mass is 184 g/mol. The molecular weight excluding hydrogens is 158 g/mol. The summed E-state index contributed by atoms with van der Waals surface area (Å²) in [4.78, 5) is 2.48. The molecule has 1 radical (unpaired) electrons. The number of unbranched alkanes of at least 4 members (excludes halogenated alkanes) is 1. The molecule has 0 rings (SSSR count). The Hall–Kier alpha value is -0.0400. The average molecular weight is 184 g/mol. The molecule has 0 aromatic carbocycles. The van der Waals surface area contributed by atoms with Crippen LogP contribution in [0.5, 0.6) is 0 Å². The van der Waals surface area contributed by atoms with E-state index < -0.39 is 0 Å². The van der Waals surface area contributed by atoms with Gasteiger partial charge in [0.05, 0.1) is 0 Å². The molecule has 0 aromatic heterocycles. The molecule has 0 amide bonds. The molecule has 1 nitrogen and oxygen atoms in total. The minimum atomic E-state index is 0.770. The smallest absolute Gasteiger partial charge is 0.0251 e. The molecule has 0 bridgehead atoms. The van der Waals surface area contributed by atoms with Gasteiger partial charge in [-0.1, -0.05) is 41.0 Å². The second-order valence-corrected chi connectivity index (χ2v) is 4.71. The number of nitrogens with zero attached hydrogens (tertiary/aromatic N) is 1. The largest absolute Gasteiger partial charge is 0.298 e. The molecule has 79 valence electrons. The summed E-state index contributed by atoms with van der Waals surface area (Å²) >= 11 is 0. The first kappa shape index (κ1) is 13.0. The Morgan fingerprint density at radius 3 is 1.77 bits per heavy atom. The highest BCUT2D eigenvalue weighted by Crippen LogP contribution is 2.08. The van der Waals surface area contributed by atoms with Crippen molar-refractivity contribution < 1.29 is 0 Å². The van der Waals surface area contributed by atoms with Gasteiger partial charge in [-0.15, -0.1) is 0 Å². The summed E-state index contributed by atoms with van der Waals surface area (Å²) in [6.45, 7) is 16.2. The van der Waals surface area contributed by atoms with E-state index in [0.717, 1.165) is 11.8 Å². The van der Waals surface area contributed by atoms with Crippen LogP contribution in [0.15, 0.2) is 0 Å².